The summed E-state index contributed by atoms with van der Waals surface area (Å²) < 4.78 is 1.93. The molecule has 1 atom stereocenters. The molecule has 1 unspecified atom stereocenters. The van der Waals surface area contributed by atoms with Crippen LogP contribution in [0.4, 0.5) is 0 Å². The van der Waals surface area contributed by atoms with Gasteiger partial charge in [0, 0.05) is 12.4 Å². The fourth-order valence-electron chi connectivity index (χ4n) is 1.50. The van der Waals surface area contributed by atoms with Gasteiger partial charge in [0.15, 0.2) is 0 Å². The molecule has 0 fully saturated rings. The summed E-state index contributed by atoms with van der Waals surface area (Å²) in [5, 5.41) is 3.03. The Kier molecular flexibility index (Phi) is 3.07. The van der Waals surface area contributed by atoms with Crippen LogP contribution in [0.1, 0.15) is 42.2 Å². The number of nitrogens with zero attached hydrogens (tertiary/aromatic N) is 3. The highest BCUT2D eigenvalue weighted by Crippen LogP contribution is 2.25. The molecule has 0 radical (unpaired) electrons. The first-order valence-electron chi connectivity index (χ1n) is 5.26. The molecule has 2 aromatic heterocycles. The van der Waals surface area contributed by atoms with Crippen molar-refractivity contribution < 1.29 is 0 Å². The fraction of sp³-hybridized carbons (Fsp3) is 0.455. The zero-order valence-electron chi connectivity index (χ0n) is 9.71. The second kappa shape index (κ2) is 4.35. The second-order valence-electron chi connectivity index (χ2n) is 4.17. The number of hydrogen-bond acceptors (Lipinski definition) is 4. The maximum absolute atomic E-state index is 6.16. The van der Waals surface area contributed by atoms with Gasteiger partial charge in [0.05, 0.1) is 30.0 Å². The Morgan fingerprint density at radius 2 is 2.19 bits per heavy atom. The third-order valence-electron chi connectivity index (χ3n) is 2.57. The summed E-state index contributed by atoms with van der Waals surface area (Å²) >= 11 is 1.62. The molecule has 0 aliphatic heterocycles. The Labute approximate surface area is 99.2 Å². The largest absolute Gasteiger partial charge is 0.336 e. The third kappa shape index (κ3) is 2.01. The van der Waals surface area contributed by atoms with Crippen LogP contribution in [0.3, 0.4) is 0 Å². The van der Waals surface area contributed by atoms with E-state index in [0.29, 0.717) is 5.92 Å². The van der Waals surface area contributed by atoms with E-state index in [1.54, 1.807) is 23.9 Å². The minimum atomic E-state index is -0.176. The van der Waals surface area contributed by atoms with Crippen molar-refractivity contribution in [2.45, 2.75) is 25.8 Å². The highest BCUT2D eigenvalue weighted by Gasteiger charge is 2.16. The van der Waals surface area contributed by atoms with Crippen LogP contribution in [0.25, 0.3) is 0 Å². The summed E-state index contributed by atoms with van der Waals surface area (Å²) in [6.45, 7) is 4.27. The summed E-state index contributed by atoms with van der Waals surface area (Å²) in [5.41, 5.74) is 8.26. The monoisotopic (exact) mass is 236 g/mol. The van der Waals surface area contributed by atoms with Gasteiger partial charge in [-0.05, 0) is 5.92 Å². The van der Waals surface area contributed by atoms with Crippen LogP contribution in [0.5, 0.6) is 0 Å². The standard InChI is InChI=1S/C11H16N4S/c1-7(2)8-5-16-11(14-8)10(12)9-4-13-6-15(9)3/h4-7,10H,12H2,1-3H3. The topological polar surface area (TPSA) is 56.7 Å². The molecule has 0 aromatic carbocycles. The minimum absolute atomic E-state index is 0.176. The molecular weight excluding hydrogens is 220 g/mol. The predicted molar refractivity (Wildman–Crippen MR) is 65.4 cm³/mol. The summed E-state index contributed by atoms with van der Waals surface area (Å²) in [5.74, 6) is 0.448. The van der Waals surface area contributed by atoms with Crippen molar-refractivity contribution in [2.24, 2.45) is 12.8 Å². The van der Waals surface area contributed by atoms with Gasteiger partial charge in [-0.2, -0.15) is 0 Å². The van der Waals surface area contributed by atoms with E-state index in [4.69, 9.17) is 5.73 Å². The van der Waals surface area contributed by atoms with Gasteiger partial charge in [-0.25, -0.2) is 9.97 Å². The molecule has 2 aromatic rings. The molecule has 4 nitrogen and oxygen atoms in total. The Morgan fingerprint density at radius 3 is 2.69 bits per heavy atom. The first-order chi connectivity index (χ1) is 7.59. The highest BCUT2D eigenvalue weighted by atomic mass is 32.1. The lowest BCUT2D eigenvalue weighted by Gasteiger charge is -2.08. The number of hydrogen-bond donors (Lipinski definition) is 1. The van der Waals surface area contributed by atoms with Crippen LogP contribution in [0, 0.1) is 0 Å². The van der Waals surface area contributed by atoms with E-state index in [-0.39, 0.29) is 6.04 Å². The Hall–Kier alpha value is -1.20. The first kappa shape index (κ1) is 11.3. The quantitative estimate of drug-likeness (QED) is 0.887. The molecule has 16 heavy (non-hydrogen) atoms. The molecule has 0 saturated heterocycles. The fourth-order valence-corrected chi connectivity index (χ4v) is 2.49. The molecule has 2 N–H and O–H groups in total. The van der Waals surface area contributed by atoms with Crippen LogP contribution in [-0.4, -0.2) is 14.5 Å². The average molecular weight is 236 g/mol. The normalized spacial score (nSPS) is 13.3. The molecule has 0 spiro atoms. The Bertz CT molecular complexity index is 472. The van der Waals surface area contributed by atoms with Gasteiger partial charge in [-0.15, -0.1) is 11.3 Å². The van der Waals surface area contributed by atoms with Crippen molar-refractivity contribution in [2.75, 3.05) is 0 Å². The van der Waals surface area contributed by atoms with E-state index in [9.17, 15) is 0 Å². The maximum Gasteiger partial charge on any atom is 0.116 e. The number of aryl methyl sites for hydroxylation is 1. The summed E-state index contributed by atoms with van der Waals surface area (Å²) in [7, 11) is 1.94. The maximum atomic E-state index is 6.16. The average Bonchev–Trinajstić information content (AvgIpc) is 2.84. The van der Waals surface area contributed by atoms with Crippen molar-refractivity contribution in [3.8, 4) is 0 Å². The lowest BCUT2D eigenvalue weighted by Crippen LogP contribution is -2.15. The van der Waals surface area contributed by atoms with Crippen molar-refractivity contribution in [1.29, 1.82) is 0 Å². The molecule has 0 bridgehead atoms. The van der Waals surface area contributed by atoms with Crippen molar-refractivity contribution >= 4 is 11.3 Å². The second-order valence-corrected chi connectivity index (χ2v) is 5.06. The van der Waals surface area contributed by atoms with Gasteiger partial charge in [0.1, 0.15) is 5.01 Å². The van der Waals surface area contributed by atoms with E-state index in [1.807, 2.05) is 11.6 Å². The Morgan fingerprint density at radius 1 is 1.44 bits per heavy atom. The molecule has 0 amide bonds. The molecule has 0 aliphatic rings. The van der Waals surface area contributed by atoms with Crippen molar-refractivity contribution in [3.63, 3.8) is 0 Å². The van der Waals surface area contributed by atoms with Crippen LogP contribution in [-0.2, 0) is 7.05 Å². The van der Waals surface area contributed by atoms with Gasteiger partial charge in [-0.1, -0.05) is 13.8 Å². The van der Waals surface area contributed by atoms with E-state index in [0.717, 1.165) is 16.4 Å². The highest BCUT2D eigenvalue weighted by molar-refractivity contribution is 7.09. The van der Waals surface area contributed by atoms with E-state index >= 15 is 0 Å². The summed E-state index contributed by atoms with van der Waals surface area (Å²) in [4.78, 5) is 8.63. The first-order valence-corrected chi connectivity index (χ1v) is 6.14. The van der Waals surface area contributed by atoms with Crippen molar-refractivity contribution in [1.82, 2.24) is 14.5 Å². The minimum Gasteiger partial charge on any atom is -0.336 e. The number of rotatable bonds is 3. The van der Waals surface area contributed by atoms with Crippen LogP contribution < -0.4 is 5.73 Å². The number of imidazole rings is 1. The van der Waals surface area contributed by atoms with E-state index in [2.05, 4.69) is 29.2 Å². The number of aromatic nitrogens is 3. The lowest BCUT2D eigenvalue weighted by molar-refractivity contribution is 0.730. The van der Waals surface area contributed by atoms with Gasteiger partial charge >= 0.3 is 0 Å². The number of thiazole rings is 1. The summed E-state index contributed by atoms with van der Waals surface area (Å²) in [6, 6.07) is -0.176. The van der Waals surface area contributed by atoms with Gasteiger partial charge in [-0.3, -0.25) is 0 Å². The zero-order chi connectivity index (χ0) is 11.7. The lowest BCUT2D eigenvalue weighted by atomic mass is 10.1. The van der Waals surface area contributed by atoms with Crippen molar-refractivity contribution in [3.05, 3.63) is 34.3 Å². The SMILES string of the molecule is CC(C)c1csc(C(N)c2cncn2C)n1. The summed E-state index contributed by atoms with van der Waals surface area (Å²) in [6.07, 6.45) is 3.55. The van der Waals surface area contributed by atoms with Gasteiger partial charge in [0.2, 0.25) is 0 Å². The van der Waals surface area contributed by atoms with E-state index in [1.165, 1.54) is 0 Å². The van der Waals surface area contributed by atoms with E-state index < -0.39 is 0 Å². The molecule has 86 valence electrons. The molecule has 5 heteroatoms. The molecular formula is C11H16N4S. The van der Waals surface area contributed by atoms with Gasteiger partial charge in [0.25, 0.3) is 0 Å². The molecule has 0 aliphatic carbocycles. The van der Waals surface area contributed by atoms with Crippen LogP contribution in [0.2, 0.25) is 0 Å². The zero-order valence-corrected chi connectivity index (χ0v) is 10.5. The Balaban J connectivity index is 2.27. The molecule has 0 saturated carbocycles. The molecule has 2 rings (SSSR count). The molecule has 2 heterocycles. The van der Waals surface area contributed by atoms with Gasteiger partial charge < -0.3 is 10.3 Å². The number of nitrogens with two attached hydrogens (primary N) is 1. The van der Waals surface area contributed by atoms with Crippen LogP contribution in [0.15, 0.2) is 17.9 Å². The van der Waals surface area contributed by atoms with Crippen LogP contribution >= 0.6 is 11.3 Å². The third-order valence-corrected chi connectivity index (χ3v) is 3.52. The smallest absolute Gasteiger partial charge is 0.116 e. The predicted octanol–water partition coefficient (Wildman–Crippen LogP) is 2.05.